The number of fused-ring (bicyclic) bond motifs is 1. The van der Waals surface area contributed by atoms with Gasteiger partial charge in [0.15, 0.2) is 0 Å². The number of amides is 2. The van der Waals surface area contributed by atoms with E-state index in [4.69, 9.17) is 0 Å². The topological polar surface area (TPSA) is 65.2 Å². The zero-order valence-electron chi connectivity index (χ0n) is 20.4. The van der Waals surface area contributed by atoms with Gasteiger partial charge < -0.3 is 10.3 Å². The first-order valence-electron chi connectivity index (χ1n) is 12.5. The number of aromatic amines is 1. The summed E-state index contributed by atoms with van der Waals surface area (Å²) in [6.45, 7) is 2.01. The number of nitrogens with one attached hydrogen (secondary N) is 2. The van der Waals surface area contributed by atoms with Gasteiger partial charge in [0.2, 0.25) is 5.91 Å². The van der Waals surface area contributed by atoms with Gasteiger partial charge >= 0.3 is 0 Å². The third-order valence-corrected chi connectivity index (χ3v) is 8.10. The lowest BCUT2D eigenvalue weighted by Gasteiger charge is -2.45. The molecule has 1 heterocycles. The number of carbonyl (C=O) groups is 2. The van der Waals surface area contributed by atoms with Crippen molar-refractivity contribution in [1.82, 2.24) is 4.98 Å². The van der Waals surface area contributed by atoms with Gasteiger partial charge in [0.25, 0.3) is 5.91 Å². The number of carbonyl (C=O) groups excluding carboxylic acids is 2. The van der Waals surface area contributed by atoms with E-state index in [2.05, 4.69) is 26.2 Å². The number of nitrogens with zero attached hydrogens (tertiary/aromatic N) is 1. The largest absolute Gasteiger partial charge is 0.361 e. The third kappa shape index (κ3) is 4.70. The van der Waals surface area contributed by atoms with Gasteiger partial charge in [-0.25, -0.2) is 0 Å². The molecule has 184 valence electrons. The second-order valence-corrected chi connectivity index (χ2v) is 10.5. The van der Waals surface area contributed by atoms with E-state index < -0.39 is 5.54 Å². The highest BCUT2D eigenvalue weighted by Gasteiger charge is 2.47. The lowest BCUT2D eigenvalue weighted by molar-refractivity contribution is -0.128. The minimum atomic E-state index is -0.958. The second kappa shape index (κ2) is 10.3. The summed E-state index contributed by atoms with van der Waals surface area (Å²) in [4.78, 5) is 33.3. The van der Waals surface area contributed by atoms with Crippen LogP contribution in [0.15, 0.2) is 83.5 Å². The van der Waals surface area contributed by atoms with E-state index in [0.29, 0.717) is 12.8 Å². The first-order chi connectivity index (χ1) is 17.5. The molecule has 2 N–H and O–H groups in total. The van der Waals surface area contributed by atoms with Gasteiger partial charge in [0.05, 0.1) is 6.42 Å². The van der Waals surface area contributed by atoms with Gasteiger partial charge in [0, 0.05) is 32.9 Å². The van der Waals surface area contributed by atoms with Crippen LogP contribution in [0.3, 0.4) is 0 Å². The van der Waals surface area contributed by atoms with Crippen molar-refractivity contribution in [2.24, 2.45) is 0 Å². The van der Waals surface area contributed by atoms with E-state index >= 15 is 0 Å². The number of rotatable bonds is 6. The van der Waals surface area contributed by atoms with Crippen LogP contribution in [0, 0.1) is 6.92 Å². The van der Waals surface area contributed by atoms with Crippen molar-refractivity contribution in [3.63, 3.8) is 0 Å². The highest BCUT2D eigenvalue weighted by atomic mass is 79.9. The Bertz CT molecular complexity index is 1390. The summed E-state index contributed by atoms with van der Waals surface area (Å²) in [5, 5.41) is 4.18. The molecule has 0 bridgehead atoms. The number of halogens is 1. The Morgan fingerprint density at radius 2 is 1.69 bits per heavy atom. The van der Waals surface area contributed by atoms with Gasteiger partial charge in [-0.1, -0.05) is 77.7 Å². The van der Waals surface area contributed by atoms with Crippen LogP contribution in [0.4, 0.5) is 11.4 Å². The van der Waals surface area contributed by atoms with Crippen LogP contribution in [-0.2, 0) is 16.0 Å². The maximum absolute atomic E-state index is 14.1. The summed E-state index contributed by atoms with van der Waals surface area (Å²) in [6, 6.07) is 23.4. The first kappa shape index (κ1) is 24.3. The molecule has 0 aliphatic heterocycles. The number of para-hydroxylation sites is 2. The van der Waals surface area contributed by atoms with E-state index in [9.17, 15) is 9.59 Å². The van der Waals surface area contributed by atoms with E-state index in [1.54, 1.807) is 4.90 Å². The van der Waals surface area contributed by atoms with Gasteiger partial charge in [-0.15, -0.1) is 0 Å². The molecule has 1 aromatic heterocycles. The number of benzene rings is 3. The Morgan fingerprint density at radius 1 is 0.972 bits per heavy atom. The molecule has 0 unspecified atom stereocenters. The minimum absolute atomic E-state index is 0.0758. The molecule has 5 nitrogen and oxygen atoms in total. The standard InChI is InChI=1S/C30H30BrN3O2/c1-21-14-15-23(19-26(21)31)33-29(36)30(16-8-3-9-17-30)34(24-10-4-2-5-11-24)28(35)18-22-20-32-27-13-7-6-12-25(22)27/h2,4-7,10-15,19-20,32H,3,8-9,16-18H2,1H3,(H,33,36). The number of aryl methyl sites for hydroxylation is 1. The monoisotopic (exact) mass is 543 g/mol. The van der Waals surface area contributed by atoms with Crippen LogP contribution in [0.5, 0.6) is 0 Å². The van der Waals surface area contributed by atoms with Crippen molar-refractivity contribution in [2.75, 3.05) is 10.2 Å². The molecule has 0 spiro atoms. The fourth-order valence-electron chi connectivity index (χ4n) is 5.33. The molecule has 36 heavy (non-hydrogen) atoms. The molecule has 2 amide bonds. The van der Waals surface area contributed by atoms with E-state index in [0.717, 1.165) is 57.1 Å². The molecule has 1 fully saturated rings. The fraction of sp³-hybridized carbons (Fsp3) is 0.267. The Kier molecular flexibility index (Phi) is 6.97. The third-order valence-electron chi connectivity index (χ3n) is 7.24. The molecular weight excluding hydrogens is 514 g/mol. The van der Waals surface area contributed by atoms with Crippen molar-refractivity contribution < 1.29 is 9.59 Å². The highest BCUT2D eigenvalue weighted by molar-refractivity contribution is 9.10. The molecule has 6 heteroatoms. The Morgan fingerprint density at radius 3 is 2.44 bits per heavy atom. The van der Waals surface area contributed by atoms with Gasteiger partial charge in [0.1, 0.15) is 5.54 Å². The van der Waals surface area contributed by atoms with Crippen molar-refractivity contribution >= 4 is 50.0 Å². The predicted molar refractivity (Wildman–Crippen MR) is 149 cm³/mol. The molecule has 0 atom stereocenters. The summed E-state index contributed by atoms with van der Waals surface area (Å²) in [5.41, 5.74) is 3.55. The van der Waals surface area contributed by atoms with Gasteiger partial charge in [-0.3, -0.25) is 14.5 Å². The smallest absolute Gasteiger partial charge is 0.250 e. The van der Waals surface area contributed by atoms with Gasteiger partial charge in [-0.05, 0) is 61.2 Å². The van der Waals surface area contributed by atoms with Crippen molar-refractivity contribution in [1.29, 1.82) is 0 Å². The molecule has 1 aliphatic rings. The lowest BCUT2D eigenvalue weighted by atomic mass is 9.78. The molecule has 0 saturated heterocycles. The summed E-state index contributed by atoms with van der Waals surface area (Å²) < 4.78 is 0.938. The van der Waals surface area contributed by atoms with Crippen LogP contribution in [0.25, 0.3) is 10.9 Å². The minimum Gasteiger partial charge on any atom is -0.361 e. The number of aromatic nitrogens is 1. The molecule has 1 saturated carbocycles. The molecular formula is C30H30BrN3O2. The van der Waals surface area contributed by atoms with Crippen LogP contribution >= 0.6 is 15.9 Å². The molecule has 4 aromatic rings. The Labute approximate surface area is 220 Å². The van der Waals surface area contributed by atoms with Crippen LogP contribution in [0.2, 0.25) is 0 Å². The Hall–Kier alpha value is -3.38. The maximum atomic E-state index is 14.1. The van der Waals surface area contributed by atoms with Crippen molar-refractivity contribution in [3.8, 4) is 0 Å². The van der Waals surface area contributed by atoms with E-state index in [1.165, 1.54) is 0 Å². The number of hydrogen-bond donors (Lipinski definition) is 2. The van der Waals surface area contributed by atoms with Crippen LogP contribution in [0.1, 0.15) is 43.2 Å². The lowest BCUT2D eigenvalue weighted by Crippen LogP contribution is -2.61. The summed E-state index contributed by atoms with van der Waals surface area (Å²) >= 11 is 3.57. The van der Waals surface area contributed by atoms with E-state index in [-0.39, 0.29) is 18.2 Å². The number of anilines is 2. The molecule has 0 radical (unpaired) electrons. The normalized spacial score (nSPS) is 14.9. The zero-order chi connectivity index (χ0) is 25.1. The van der Waals surface area contributed by atoms with Crippen molar-refractivity contribution in [2.45, 2.75) is 51.0 Å². The van der Waals surface area contributed by atoms with Crippen LogP contribution < -0.4 is 10.2 Å². The fourth-order valence-corrected chi connectivity index (χ4v) is 5.71. The summed E-state index contributed by atoms with van der Waals surface area (Å²) in [6.07, 6.45) is 6.22. The predicted octanol–water partition coefficient (Wildman–Crippen LogP) is 7.16. The molecule has 5 rings (SSSR count). The van der Waals surface area contributed by atoms with Crippen LogP contribution in [-0.4, -0.2) is 22.3 Å². The molecule has 3 aromatic carbocycles. The average Bonchev–Trinajstić information content (AvgIpc) is 3.30. The quantitative estimate of drug-likeness (QED) is 0.271. The summed E-state index contributed by atoms with van der Waals surface area (Å²) in [7, 11) is 0. The number of hydrogen-bond acceptors (Lipinski definition) is 2. The average molecular weight is 544 g/mol. The first-order valence-corrected chi connectivity index (χ1v) is 13.3. The molecule has 1 aliphatic carbocycles. The number of H-pyrrole nitrogens is 1. The SMILES string of the molecule is Cc1ccc(NC(=O)C2(N(C(=O)Cc3c[nH]c4ccccc34)c3ccccc3)CCCCC2)cc1Br. The zero-order valence-corrected chi connectivity index (χ0v) is 22.0. The highest BCUT2D eigenvalue weighted by Crippen LogP contribution is 2.39. The van der Waals surface area contributed by atoms with E-state index in [1.807, 2.05) is 85.9 Å². The van der Waals surface area contributed by atoms with Gasteiger partial charge in [-0.2, -0.15) is 0 Å². The summed E-state index contributed by atoms with van der Waals surface area (Å²) in [5.74, 6) is -0.206. The second-order valence-electron chi connectivity index (χ2n) is 9.61. The Balaban J connectivity index is 1.54. The van der Waals surface area contributed by atoms with Crippen molar-refractivity contribution in [3.05, 3.63) is 94.6 Å². The maximum Gasteiger partial charge on any atom is 0.250 e.